The van der Waals surface area contributed by atoms with Crippen LogP contribution < -0.4 is 14.2 Å². The molecule has 0 aromatic heterocycles. The first-order valence-electron chi connectivity index (χ1n) is 6.34. The van der Waals surface area contributed by atoms with E-state index in [0.717, 1.165) is 35.9 Å². The van der Waals surface area contributed by atoms with Crippen LogP contribution in [0.2, 0.25) is 0 Å². The highest BCUT2D eigenvalue weighted by molar-refractivity contribution is 5.54. The summed E-state index contributed by atoms with van der Waals surface area (Å²) in [5.41, 5.74) is 1.08. The lowest BCUT2D eigenvalue weighted by atomic mass is 9.93. The minimum absolute atomic E-state index is 0.273. The van der Waals surface area contributed by atoms with E-state index in [1.807, 2.05) is 12.1 Å². The Balaban J connectivity index is 2.47. The van der Waals surface area contributed by atoms with Gasteiger partial charge in [-0.1, -0.05) is 12.2 Å². The maximum atomic E-state index is 5.51. The fraction of sp³-hybridized carbons (Fsp3) is 0.467. The molecule has 1 atom stereocenters. The molecule has 1 aromatic rings. The van der Waals surface area contributed by atoms with Crippen molar-refractivity contribution in [2.24, 2.45) is 0 Å². The van der Waals surface area contributed by atoms with E-state index in [2.05, 4.69) is 24.1 Å². The second kappa shape index (κ2) is 5.97. The van der Waals surface area contributed by atoms with E-state index in [1.54, 1.807) is 21.3 Å². The summed E-state index contributed by atoms with van der Waals surface area (Å²) in [5, 5.41) is 0. The first-order valence-corrected chi connectivity index (χ1v) is 6.34. The van der Waals surface area contributed by atoms with E-state index < -0.39 is 0 Å². The molecule has 0 N–H and O–H groups in total. The molecule has 1 unspecified atom stereocenters. The number of nitrogens with zero attached hydrogens (tertiary/aromatic N) is 1. The summed E-state index contributed by atoms with van der Waals surface area (Å²) in [4.78, 5) is 2.27. The largest absolute Gasteiger partial charge is 0.496 e. The Kier molecular flexibility index (Phi) is 4.32. The van der Waals surface area contributed by atoms with E-state index in [4.69, 9.17) is 14.2 Å². The van der Waals surface area contributed by atoms with Crippen molar-refractivity contribution in [2.45, 2.75) is 5.92 Å². The maximum absolute atomic E-state index is 5.51. The van der Waals surface area contributed by atoms with E-state index in [9.17, 15) is 0 Å². The molecule has 0 radical (unpaired) electrons. The van der Waals surface area contributed by atoms with Crippen LogP contribution in [-0.4, -0.2) is 46.4 Å². The second-order valence-electron chi connectivity index (χ2n) is 4.70. The van der Waals surface area contributed by atoms with Gasteiger partial charge < -0.3 is 19.1 Å². The van der Waals surface area contributed by atoms with Crippen LogP contribution in [0.15, 0.2) is 24.3 Å². The molecule has 0 saturated heterocycles. The Morgan fingerprint density at radius 1 is 1.05 bits per heavy atom. The number of hydrogen-bond donors (Lipinski definition) is 0. The lowest BCUT2D eigenvalue weighted by molar-refractivity contribution is 0.327. The highest BCUT2D eigenvalue weighted by Crippen LogP contribution is 2.40. The first-order chi connectivity index (χ1) is 9.19. The zero-order valence-corrected chi connectivity index (χ0v) is 12.0. The smallest absolute Gasteiger partial charge is 0.130 e. The Morgan fingerprint density at radius 2 is 1.68 bits per heavy atom. The van der Waals surface area contributed by atoms with E-state index in [-0.39, 0.29) is 5.92 Å². The molecule has 0 amide bonds. The minimum Gasteiger partial charge on any atom is -0.496 e. The summed E-state index contributed by atoms with van der Waals surface area (Å²) in [7, 11) is 7.10. The number of methoxy groups -OCH3 is 3. The van der Waals surface area contributed by atoms with Gasteiger partial charge in [0.25, 0.3) is 0 Å². The van der Waals surface area contributed by atoms with Crippen LogP contribution in [0.25, 0.3) is 0 Å². The zero-order chi connectivity index (χ0) is 13.8. The second-order valence-corrected chi connectivity index (χ2v) is 4.70. The Hall–Kier alpha value is -1.68. The van der Waals surface area contributed by atoms with Crippen LogP contribution in [0.1, 0.15) is 11.5 Å². The predicted octanol–water partition coefficient (Wildman–Crippen LogP) is 2.30. The molecule has 0 spiro atoms. The topological polar surface area (TPSA) is 30.9 Å². The maximum Gasteiger partial charge on any atom is 0.130 e. The Bertz CT molecular complexity index is 445. The molecule has 4 nitrogen and oxygen atoms in total. The summed E-state index contributed by atoms with van der Waals surface area (Å²) in [6.45, 7) is 1.94. The van der Waals surface area contributed by atoms with Crippen molar-refractivity contribution < 1.29 is 14.2 Å². The van der Waals surface area contributed by atoms with Crippen molar-refractivity contribution in [3.05, 3.63) is 29.8 Å². The van der Waals surface area contributed by atoms with Gasteiger partial charge in [-0.25, -0.2) is 0 Å². The molecule has 0 saturated carbocycles. The van der Waals surface area contributed by atoms with Gasteiger partial charge in [0, 0.05) is 36.7 Å². The van der Waals surface area contributed by atoms with Crippen molar-refractivity contribution in [3.63, 3.8) is 0 Å². The number of rotatable bonds is 4. The number of benzene rings is 1. The summed E-state index contributed by atoms with van der Waals surface area (Å²) in [6.07, 6.45) is 4.39. The molecule has 104 valence electrons. The highest BCUT2D eigenvalue weighted by Gasteiger charge is 2.23. The molecule has 19 heavy (non-hydrogen) atoms. The quantitative estimate of drug-likeness (QED) is 0.780. The van der Waals surface area contributed by atoms with E-state index in [1.165, 1.54) is 0 Å². The number of likely N-dealkylation sites (N-methyl/N-ethyl adjacent to an activating group) is 1. The molecule has 4 heteroatoms. The first kappa shape index (κ1) is 13.7. The number of ether oxygens (including phenoxy) is 3. The van der Waals surface area contributed by atoms with Crippen LogP contribution in [0.5, 0.6) is 17.2 Å². The Labute approximate surface area is 114 Å². The van der Waals surface area contributed by atoms with Crippen molar-refractivity contribution in [1.29, 1.82) is 0 Å². The standard InChI is InChI=1S/C15H21NO3/c1-16-7-5-6-11(10-16)15-13(18-3)8-12(17-2)9-14(15)19-4/h5-6,8-9,11H,7,10H2,1-4H3. The summed E-state index contributed by atoms with van der Waals surface area (Å²) in [6, 6.07) is 3.81. The van der Waals surface area contributed by atoms with Crippen LogP contribution in [0, 0.1) is 0 Å². The monoisotopic (exact) mass is 263 g/mol. The lowest BCUT2D eigenvalue weighted by Gasteiger charge is -2.27. The van der Waals surface area contributed by atoms with Crippen molar-refractivity contribution in [2.75, 3.05) is 41.5 Å². The molecule has 0 aliphatic carbocycles. The van der Waals surface area contributed by atoms with Gasteiger partial charge in [-0.2, -0.15) is 0 Å². The molecule has 1 aliphatic rings. The molecule has 0 fully saturated rings. The third-order valence-corrected chi connectivity index (χ3v) is 3.42. The lowest BCUT2D eigenvalue weighted by Crippen LogP contribution is -2.27. The minimum atomic E-state index is 0.273. The summed E-state index contributed by atoms with van der Waals surface area (Å²) < 4.78 is 16.3. The van der Waals surface area contributed by atoms with Crippen LogP contribution >= 0.6 is 0 Å². The van der Waals surface area contributed by atoms with Crippen molar-refractivity contribution in [1.82, 2.24) is 4.90 Å². The highest BCUT2D eigenvalue weighted by atomic mass is 16.5. The molecule has 1 aromatic carbocycles. The van der Waals surface area contributed by atoms with E-state index >= 15 is 0 Å². The van der Waals surface area contributed by atoms with Gasteiger partial charge in [0.15, 0.2) is 0 Å². The van der Waals surface area contributed by atoms with Gasteiger partial charge >= 0.3 is 0 Å². The van der Waals surface area contributed by atoms with Gasteiger partial charge in [-0.15, -0.1) is 0 Å². The molecular weight excluding hydrogens is 242 g/mol. The molecule has 2 rings (SSSR count). The summed E-state index contributed by atoms with van der Waals surface area (Å²) in [5.74, 6) is 2.63. The van der Waals surface area contributed by atoms with Crippen LogP contribution in [0.4, 0.5) is 0 Å². The van der Waals surface area contributed by atoms with Crippen molar-refractivity contribution >= 4 is 0 Å². The normalized spacial score (nSPS) is 19.3. The molecule has 0 bridgehead atoms. The predicted molar refractivity (Wildman–Crippen MR) is 75.5 cm³/mol. The number of hydrogen-bond acceptors (Lipinski definition) is 4. The van der Waals surface area contributed by atoms with Gasteiger partial charge in [0.2, 0.25) is 0 Å². The van der Waals surface area contributed by atoms with Gasteiger partial charge in [-0.05, 0) is 7.05 Å². The van der Waals surface area contributed by atoms with Crippen LogP contribution in [0.3, 0.4) is 0 Å². The zero-order valence-electron chi connectivity index (χ0n) is 12.0. The van der Waals surface area contributed by atoms with Gasteiger partial charge in [-0.3, -0.25) is 0 Å². The summed E-state index contributed by atoms with van der Waals surface area (Å²) >= 11 is 0. The average Bonchev–Trinajstić information content (AvgIpc) is 2.45. The third-order valence-electron chi connectivity index (χ3n) is 3.42. The average molecular weight is 263 g/mol. The fourth-order valence-electron chi connectivity index (χ4n) is 2.46. The molecule has 1 heterocycles. The van der Waals surface area contributed by atoms with Crippen LogP contribution in [-0.2, 0) is 0 Å². The van der Waals surface area contributed by atoms with Gasteiger partial charge in [0.1, 0.15) is 17.2 Å². The SMILES string of the molecule is COc1cc(OC)c(C2C=CCN(C)C2)c(OC)c1. The molecular formula is C15H21NO3. The van der Waals surface area contributed by atoms with E-state index in [0.29, 0.717) is 0 Å². The fourth-order valence-corrected chi connectivity index (χ4v) is 2.46. The third kappa shape index (κ3) is 2.84. The molecule has 1 aliphatic heterocycles. The Morgan fingerprint density at radius 3 is 2.16 bits per heavy atom. The van der Waals surface area contributed by atoms with Gasteiger partial charge in [0.05, 0.1) is 21.3 Å². The van der Waals surface area contributed by atoms with Crippen molar-refractivity contribution in [3.8, 4) is 17.2 Å².